The van der Waals surface area contributed by atoms with Crippen LogP contribution in [0.1, 0.15) is 10.4 Å². The number of hydrogen-bond acceptors (Lipinski definition) is 3. The van der Waals surface area contributed by atoms with Gasteiger partial charge in [-0.1, -0.05) is 45.4 Å². The molecular formula is C21H14BrFN4O. The van der Waals surface area contributed by atoms with E-state index in [0.717, 1.165) is 21.4 Å². The second-order valence-corrected chi connectivity index (χ2v) is 6.93. The number of hydrogen-bond donors (Lipinski definition) is 1. The van der Waals surface area contributed by atoms with Gasteiger partial charge in [0.1, 0.15) is 5.82 Å². The van der Waals surface area contributed by atoms with E-state index in [1.54, 1.807) is 35.1 Å². The molecule has 0 saturated heterocycles. The van der Waals surface area contributed by atoms with Crippen molar-refractivity contribution in [3.8, 4) is 16.9 Å². The Bertz CT molecular complexity index is 1120. The van der Waals surface area contributed by atoms with E-state index in [2.05, 4.69) is 31.6 Å². The van der Waals surface area contributed by atoms with Crippen LogP contribution in [0.5, 0.6) is 0 Å². The Labute approximate surface area is 169 Å². The maximum absolute atomic E-state index is 13.7. The fourth-order valence-corrected chi connectivity index (χ4v) is 3.04. The van der Waals surface area contributed by atoms with Crippen LogP contribution in [0, 0.1) is 5.82 Å². The molecular weight excluding hydrogens is 423 g/mol. The highest BCUT2D eigenvalue weighted by atomic mass is 79.9. The molecule has 4 rings (SSSR count). The molecule has 138 valence electrons. The van der Waals surface area contributed by atoms with Gasteiger partial charge in [-0.15, -0.1) is 5.10 Å². The minimum absolute atomic E-state index is 0.000349. The van der Waals surface area contributed by atoms with E-state index in [4.69, 9.17) is 0 Å². The Morgan fingerprint density at radius 3 is 2.39 bits per heavy atom. The average Bonchev–Trinajstić information content (AvgIpc) is 3.19. The number of benzene rings is 3. The first-order chi connectivity index (χ1) is 13.6. The molecule has 3 aromatic carbocycles. The lowest BCUT2D eigenvalue weighted by Crippen LogP contribution is -2.13. The molecule has 5 nitrogen and oxygen atoms in total. The van der Waals surface area contributed by atoms with E-state index in [-0.39, 0.29) is 5.56 Å². The van der Waals surface area contributed by atoms with Crippen LogP contribution in [0.4, 0.5) is 10.1 Å². The first-order valence-electron chi connectivity index (χ1n) is 8.45. The number of amides is 1. The summed E-state index contributed by atoms with van der Waals surface area (Å²) in [6, 6.07) is 20.8. The van der Waals surface area contributed by atoms with E-state index in [1.807, 2.05) is 36.4 Å². The maximum Gasteiger partial charge on any atom is 0.258 e. The normalized spacial score (nSPS) is 10.6. The highest BCUT2D eigenvalue weighted by molar-refractivity contribution is 9.10. The number of nitrogens with one attached hydrogen (secondary N) is 1. The van der Waals surface area contributed by atoms with Crippen molar-refractivity contribution in [2.45, 2.75) is 0 Å². The molecule has 4 aromatic rings. The van der Waals surface area contributed by atoms with Crippen molar-refractivity contribution in [1.82, 2.24) is 15.0 Å². The zero-order valence-corrected chi connectivity index (χ0v) is 16.1. The van der Waals surface area contributed by atoms with Gasteiger partial charge in [0.05, 0.1) is 23.1 Å². The summed E-state index contributed by atoms with van der Waals surface area (Å²) in [5.41, 5.74) is 3.17. The van der Waals surface area contributed by atoms with Gasteiger partial charge in [0.2, 0.25) is 0 Å². The third kappa shape index (κ3) is 3.70. The quantitative estimate of drug-likeness (QED) is 0.484. The first kappa shape index (κ1) is 18.1. The van der Waals surface area contributed by atoms with Gasteiger partial charge in [-0.2, -0.15) is 0 Å². The van der Waals surface area contributed by atoms with Crippen LogP contribution < -0.4 is 5.32 Å². The molecule has 0 aliphatic heterocycles. The summed E-state index contributed by atoms with van der Waals surface area (Å²) in [6.07, 6.45) is 1.69. The summed E-state index contributed by atoms with van der Waals surface area (Å²) in [6.45, 7) is 0. The minimum atomic E-state index is -0.557. The molecule has 28 heavy (non-hydrogen) atoms. The van der Waals surface area contributed by atoms with Crippen molar-refractivity contribution in [2.24, 2.45) is 0 Å². The average molecular weight is 437 g/mol. The third-order valence-electron chi connectivity index (χ3n) is 4.18. The van der Waals surface area contributed by atoms with Crippen molar-refractivity contribution in [3.63, 3.8) is 0 Å². The molecule has 0 fully saturated rings. The molecule has 0 aliphatic carbocycles. The maximum atomic E-state index is 13.7. The number of aromatic nitrogens is 3. The summed E-state index contributed by atoms with van der Waals surface area (Å²) in [5, 5.41) is 10.9. The Morgan fingerprint density at radius 1 is 0.964 bits per heavy atom. The molecule has 1 heterocycles. The number of halogens is 2. The zero-order chi connectivity index (χ0) is 19.5. The van der Waals surface area contributed by atoms with Crippen LogP contribution in [0.15, 0.2) is 83.5 Å². The lowest BCUT2D eigenvalue weighted by Gasteiger charge is -2.09. The Balaban J connectivity index is 1.56. The molecule has 0 radical (unpaired) electrons. The molecule has 7 heteroatoms. The summed E-state index contributed by atoms with van der Waals surface area (Å²) < 4.78 is 16.4. The summed E-state index contributed by atoms with van der Waals surface area (Å²) >= 11 is 3.42. The molecule has 0 bridgehead atoms. The number of nitrogens with zero attached hydrogens (tertiary/aromatic N) is 3. The molecule has 1 amide bonds. The van der Waals surface area contributed by atoms with Crippen molar-refractivity contribution < 1.29 is 9.18 Å². The monoisotopic (exact) mass is 436 g/mol. The van der Waals surface area contributed by atoms with Crippen molar-refractivity contribution in [2.75, 3.05) is 5.32 Å². The number of rotatable bonds is 4. The third-order valence-corrected chi connectivity index (χ3v) is 4.71. The van der Waals surface area contributed by atoms with E-state index < -0.39 is 11.7 Å². The van der Waals surface area contributed by atoms with Crippen LogP contribution in [-0.2, 0) is 0 Å². The molecule has 1 aromatic heterocycles. The molecule has 0 saturated carbocycles. The van der Waals surface area contributed by atoms with Crippen molar-refractivity contribution in [3.05, 3.63) is 94.8 Å². The largest absolute Gasteiger partial charge is 0.322 e. The summed E-state index contributed by atoms with van der Waals surface area (Å²) in [4.78, 5) is 12.2. The van der Waals surface area contributed by atoms with Crippen molar-refractivity contribution in [1.29, 1.82) is 0 Å². The van der Waals surface area contributed by atoms with Gasteiger partial charge in [-0.05, 0) is 48.5 Å². The highest BCUT2D eigenvalue weighted by Crippen LogP contribution is 2.24. The number of anilines is 1. The van der Waals surface area contributed by atoms with Gasteiger partial charge in [0.25, 0.3) is 5.91 Å². The number of carbonyl (C=O) groups is 1. The Morgan fingerprint density at radius 2 is 1.68 bits per heavy atom. The molecule has 0 aliphatic rings. The smallest absolute Gasteiger partial charge is 0.258 e. The molecule has 1 N–H and O–H groups in total. The van der Waals surface area contributed by atoms with Crippen LogP contribution in [0.3, 0.4) is 0 Å². The second kappa shape index (κ2) is 7.74. The van der Waals surface area contributed by atoms with E-state index in [0.29, 0.717) is 5.69 Å². The Hall–Kier alpha value is -3.32. The van der Waals surface area contributed by atoms with Crippen LogP contribution in [-0.4, -0.2) is 20.9 Å². The summed E-state index contributed by atoms with van der Waals surface area (Å²) in [7, 11) is 0. The zero-order valence-electron chi connectivity index (χ0n) is 14.5. The van der Waals surface area contributed by atoms with Gasteiger partial charge in [0, 0.05) is 15.7 Å². The predicted octanol–water partition coefficient (Wildman–Crippen LogP) is 5.09. The highest BCUT2D eigenvalue weighted by Gasteiger charge is 2.12. The van der Waals surface area contributed by atoms with Gasteiger partial charge >= 0.3 is 0 Å². The second-order valence-electron chi connectivity index (χ2n) is 6.02. The van der Waals surface area contributed by atoms with Gasteiger partial charge < -0.3 is 5.32 Å². The van der Waals surface area contributed by atoms with E-state index >= 15 is 0 Å². The standard InChI is InChI=1S/C21H14BrFN4O/c22-15-7-5-14(6-8-15)20-13-24-26-27(20)17-11-9-16(10-12-17)25-21(28)18-3-1-2-4-19(18)23/h1-13H,(H,25,28). The minimum Gasteiger partial charge on any atom is -0.322 e. The fraction of sp³-hybridized carbons (Fsp3) is 0. The summed E-state index contributed by atoms with van der Waals surface area (Å²) in [5.74, 6) is -1.06. The fourth-order valence-electron chi connectivity index (χ4n) is 2.77. The van der Waals surface area contributed by atoms with E-state index in [1.165, 1.54) is 12.1 Å². The SMILES string of the molecule is O=C(Nc1ccc(-n2nncc2-c2ccc(Br)cc2)cc1)c1ccccc1F. The Kier molecular flexibility index (Phi) is 4.99. The van der Waals surface area contributed by atoms with Crippen molar-refractivity contribution >= 4 is 27.5 Å². The van der Waals surface area contributed by atoms with Crippen LogP contribution >= 0.6 is 15.9 Å². The van der Waals surface area contributed by atoms with Gasteiger partial charge in [-0.3, -0.25) is 4.79 Å². The first-order valence-corrected chi connectivity index (χ1v) is 9.24. The molecule has 0 atom stereocenters. The lowest BCUT2D eigenvalue weighted by atomic mass is 10.1. The van der Waals surface area contributed by atoms with Gasteiger partial charge in [-0.25, -0.2) is 9.07 Å². The van der Waals surface area contributed by atoms with Crippen LogP contribution in [0.2, 0.25) is 0 Å². The number of carbonyl (C=O) groups excluding carboxylic acids is 1. The predicted molar refractivity (Wildman–Crippen MR) is 109 cm³/mol. The van der Waals surface area contributed by atoms with E-state index in [9.17, 15) is 9.18 Å². The topological polar surface area (TPSA) is 59.8 Å². The van der Waals surface area contributed by atoms with Gasteiger partial charge in [0.15, 0.2) is 0 Å². The van der Waals surface area contributed by atoms with Crippen LogP contribution in [0.25, 0.3) is 16.9 Å². The molecule has 0 unspecified atom stereocenters. The lowest BCUT2D eigenvalue weighted by molar-refractivity contribution is 0.102. The molecule has 0 spiro atoms.